The number of carbonyl (C=O) groups excluding carboxylic acids is 2. The highest BCUT2D eigenvalue weighted by molar-refractivity contribution is 6.00. The molecule has 0 aromatic heterocycles. The van der Waals surface area contributed by atoms with Crippen LogP contribution in [-0.4, -0.2) is 18.5 Å². The Kier molecular flexibility index (Phi) is 4.74. The van der Waals surface area contributed by atoms with E-state index in [2.05, 4.69) is 10.6 Å². The third-order valence-electron chi connectivity index (χ3n) is 3.86. The van der Waals surface area contributed by atoms with Gasteiger partial charge in [0, 0.05) is 24.3 Å². The van der Waals surface area contributed by atoms with E-state index in [1.165, 1.54) is 12.1 Å². The molecular weight excluding hydrogens is 309 g/mol. The van der Waals surface area contributed by atoms with E-state index in [1.807, 2.05) is 6.07 Å². The molecule has 1 aliphatic heterocycles. The second-order valence-electron chi connectivity index (χ2n) is 5.61. The number of nitrogens with zero attached hydrogens (tertiary/aromatic N) is 1. The molecule has 0 saturated carbocycles. The summed E-state index contributed by atoms with van der Waals surface area (Å²) in [7, 11) is 0. The van der Waals surface area contributed by atoms with Crippen molar-refractivity contribution in [1.29, 1.82) is 0 Å². The van der Waals surface area contributed by atoms with Crippen LogP contribution in [0.1, 0.15) is 19.3 Å². The van der Waals surface area contributed by atoms with E-state index in [0.29, 0.717) is 18.7 Å². The number of rotatable bonds is 3. The summed E-state index contributed by atoms with van der Waals surface area (Å²) in [4.78, 5) is 25.7. The van der Waals surface area contributed by atoms with Gasteiger partial charge in [0.1, 0.15) is 5.82 Å². The molecule has 1 heterocycles. The number of anilines is 3. The lowest BCUT2D eigenvalue weighted by atomic mass is 10.1. The van der Waals surface area contributed by atoms with Gasteiger partial charge in [-0.15, -0.1) is 0 Å². The molecule has 3 amide bonds. The molecule has 0 aliphatic carbocycles. The second-order valence-corrected chi connectivity index (χ2v) is 5.61. The van der Waals surface area contributed by atoms with E-state index in [4.69, 9.17) is 0 Å². The van der Waals surface area contributed by atoms with Gasteiger partial charge in [-0.1, -0.05) is 18.2 Å². The summed E-state index contributed by atoms with van der Waals surface area (Å²) in [6.07, 6.45) is 2.43. The summed E-state index contributed by atoms with van der Waals surface area (Å²) in [6.45, 7) is 0.684. The van der Waals surface area contributed by atoms with Crippen LogP contribution in [0.15, 0.2) is 48.5 Å². The minimum absolute atomic E-state index is 0.0919. The number of halogens is 1. The van der Waals surface area contributed by atoms with Crippen molar-refractivity contribution in [2.75, 3.05) is 22.1 Å². The lowest BCUT2D eigenvalue weighted by Gasteiger charge is -2.27. The number of benzene rings is 2. The topological polar surface area (TPSA) is 61.4 Å². The van der Waals surface area contributed by atoms with E-state index < -0.39 is 11.8 Å². The largest absolute Gasteiger partial charge is 0.323 e. The normalized spacial score (nSPS) is 14.4. The lowest BCUT2D eigenvalue weighted by molar-refractivity contribution is -0.119. The summed E-state index contributed by atoms with van der Waals surface area (Å²) in [5.41, 5.74) is 1.40. The molecule has 0 unspecified atom stereocenters. The lowest BCUT2D eigenvalue weighted by Crippen LogP contribution is -2.35. The van der Waals surface area contributed by atoms with Crippen LogP contribution < -0.4 is 15.5 Å². The highest BCUT2D eigenvalue weighted by Crippen LogP contribution is 2.24. The molecule has 0 radical (unpaired) electrons. The molecule has 2 aromatic carbocycles. The van der Waals surface area contributed by atoms with Gasteiger partial charge in [-0.05, 0) is 43.2 Å². The average molecular weight is 327 g/mol. The third-order valence-corrected chi connectivity index (χ3v) is 3.86. The van der Waals surface area contributed by atoms with Gasteiger partial charge < -0.3 is 15.5 Å². The third kappa shape index (κ3) is 3.71. The fraction of sp³-hybridized carbons (Fsp3) is 0.222. The number of carbonyl (C=O) groups is 2. The Bertz CT molecular complexity index is 763. The molecule has 6 heteroatoms. The Morgan fingerprint density at radius 3 is 2.67 bits per heavy atom. The fourth-order valence-electron chi connectivity index (χ4n) is 2.68. The predicted molar refractivity (Wildman–Crippen MR) is 91.7 cm³/mol. The monoisotopic (exact) mass is 327 g/mol. The SMILES string of the molecule is O=C(Nc1cccc(N2CCCCC2=O)c1)Nc1ccccc1F. The van der Waals surface area contributed by atoms with Crippen molar-refractivity contribution < 1.29 is 14.0 Å². The van der Waals surface area contributed by atoms with Gasteiger partial charge >= 0.3 is 6.03 Å². The van der Waals surface area contributed by atoms with Gasteiger partial charge in [0.2, 0.25) is 5.91 Å². The Labute approximate surface area is 139 Å². The van der Waals surface area contributed by atoms with Gasteiger partial charge in [0.05, 0.1) is 5.69 Å². The molecule has 0 spiro atoms. The molecule has 2 N–H and O–H groups in total. The Morgan fingerprint density at radius 1 is 1.04 bits per heavy atom. The molecule has 5 nitrogen and oxygen atoms in total. The molecule has 124 valence electrons. The standard InChI is InChI=1S/C18H18FN3O2/c19-15-8-1-2-9-16(15)21-18(24)20-13-6-5-7-14(12-13)22-11-4-3-10-17(22)23/h1-2,5-9,12H,3-4,10-11H2,(H2,20,21,24). The summed E-state index contributed by atoms with van der Waals surface area (Å²) in [5.74, 6) is -0.408. The molecule has 0 bridgehead atoms. The number of amides is 3. The zero-order valence-electron chi connectivity index (χ0n) is 13.1. The number of hydrogen-bond donors (Lipinski definition) is 2. The van der Waals surface area contributed by atoms with Crippen molar-refractivity contribution in [2.24, 2.45) is 0 Å². The first-order chi connectivity index (χ1) is 11.6. The number of urea groups is 1. The van der Waals surface area contributed by atoms with Crippen LogP contribution in [0.4, 0.5) is 26.2 Å². The first kappa shape index (κ1) is 16.0. The minimum Gasteiger partial charge on any atom is -0.312 e. The number of nitrogens with one attached hydrogen (secondary N) is 2. The molecule has 0 atom stereocenters. The maximum Gasteiger partial charge on any atom is 0.323 e. The summed E-state index contributed by atoms with van der Waals surface area (Å²) in [5, 5.41) is 5.12. The van der Waals surface area contributed by atoms with Crippen LogP contribution in [0, 0.1) is 5.82 Å². The number of para-hydroxylation sites is 1. The van der Waals surface area contributed by atoms with Gasteiger partial charge in [0.15, 0.2) is 0 Å². The van der Waals surface area contributed by atoms with E-state index >= 15 is 0 Å². The van der Waals surface area contributed by atoms with Crippen LogP contribution in [0.2, 0.25) is 0 Å². The zero-order valence-corrected chi connectivity index (χ0v) is 13.1. The molecular formula is C18H18FN3O2. The van der Waals surface area contributed by atoms with Crippen LogP contribution in [0.3, 0.4) is 0 Å². The number of hydrogen-bond acceptors (Lipinski definition) is 2. The summed E-state index contributed by atoms with van der Waals surface area (Å²) >= 11 is 0. The van der Waals surface area contributed by atoms with E-state index in [9.17, 15) is 14.0 Å². The van der Waals surface area contributed by atoms with Gasteiger partial charge in [-0.25, -0.2) is 9.18 Å². The Balaban J connectivity index is 1.69. The molecule has 1 saturated heterocycles. The Hall–Kier alpha value is -2.89. The average Bonchev–Trinajstić information content (AvgIpc) is 2.57. The second kappa shape index (κ2) is 7.12. The minimum atomic E-state index is -0.540. The first-order valence-corrected chi connectivity index (χ1v) is 7.86. The molecule has 24 heavy (non-hydrogen) atoms. The summed E-state index contributed by atoms with van der Waals surface area (Å²) in [6, 6.07) is 12.5. The number of piperidine rings is 1. The van der Waals surface area contributed by atoms with Crippen molar-refractivity contribution in [3.63, 3.8) is 0 Å². The quantitative estimate of drug-likeness (QED) is 0.895. The van der Waals surface area contributed by atoms with Crippen LogP contribution in [0.25, 0.3) is 0 Å². The van der Waals surface area contributed by atoms with Crippen LogP contribution in [-0.2, 0) is 4.79 Å². The molecule has 1 aliphatic rings. The highest BCUT2D eigenvalue weighted by atomic mass is 19.1. The predicted octanol–water partition coefficient (Wildman–Crippen LogP) is 3.99. The van der Waals surface area contributed by atoms with Crippen LogP contribution >= 0.6 is 0 Å². The van der Waals surface area contributed by atoms with Crippen LogP contribution in [0.5, 0.6) is 0 Å². The van der Waals surface area contributed by atoms with E-state index in [0.717, 1.165) is 18.5 Å². The maximum absolute atomic E-state index is 13.6. The van der Waals surface area contributed by atoms with E-state index in [-0.39, 0.29) is 11.6 Å². The zero-order chi connectivity index (χ0) is 16.9. The molecule has 1 fully saturated rings. The summed E-state index contributed by atoms with van der Waals surface area (Å²) < 4.78 is 13.6. The van der Waals surface area contributed by atoms with Crippen molar-refractivity contribution in [2.45, 2.75) is 19.3 Å². The van der Waals surface area contributed by atoms with E-state index in [1.54, 1.807) is 35.2 Å². The van der Waals surface area contributed by atoms with Crippen molar-refractivity contribution in [1.82, 2.24) is 0 Å². The maximum atomic E-state index is 13.6. The molecule has 2 aromatic rings. The molecule has 3 rings (SSSR count). The van der Waals surface area contributed by atoms with Crippen molar-refractivity contribution in [3.8, 4) is 0 Å². The van der Waals surface area contributed by atoms with Crippen molar-refractivity contribution in [3.05, 3.63) is 54.3 Å². The highest BCUT2D eigenvalue weighted by Gasteiger charge is 2.19. The first-order valence-electron chi connectivity index (χ1n) is 7.86. The smallest absolute Gasteiger partial charge is 0.312 e. The van der Waals surface area contributed by atoms with Gasteiger partial charge in [-0.3, -0.25) is 4.79 Å². The van der Waals surface area contributed by atoms with Gasteiger partial charge in [-0.2, -0.15) is 0 Å². The fourth-order valence-corrected chi connectivity index (χ4v) is 2.68. The Morgan fingerprint density at radius 2 is 1.88 bits per heavy atom. The van der Waals surface area contributed by atoms with Crippen molar-refractivity contribution >= 4 is 29.0 Å². The van der Waals surface area contributed by atoms with Gasteiger partial charge in [0.25, 0.3) is 0 Å².